The monoisotopic (exact) mass is 352 g/mol. The number of aliphatic hydroxyl groups is 4. The van der Waals surface area contributed by atoms with Crippen LogP contribution in [-0.4, -0.2) is 56.6 Å². The molecule has 25 heavy (non-hydrogen) atoms. The minimum absolute atomic E-state index is 0.0155. The Morgan fingerprint density at radius 2 is 1.76 bits per heavy atom. The van der Waals surface area contributed by atoms with Crippen molar-refractivity contribution in [1.29, 1.82) is 0 Å². The van der Waals surface area contributed by atoms with E-state index in [4.69, 9.17) is 9.15 Å². The fourth-order valence-electron chi connectivity index (χ4n) is 3.26. The molecule has 0 amide bonds. The molecule has 1 aromatic carbocycles. The van der Waals surface area contributed by atoms with Crippen molar-refractivity contribution in [1.82, 2.24) is 0 Å². The maximum Gasteiger partial charge on any atom is 0.193 e. The first-order valence-corrected chi connectivity index (χ1v) is 7.83. The summed E-state index contributed by atoms with van der Waals surface area (Å²) in [6.07, 6.45) is -7.17. The van der Waals surface area contributed by atoms with Crippen LogP contribution in [0.15, 0.2) is 21.3 Å². The smallest absolute Gasteiger partial charge is 0.193 e. The van der Waals surface area contributed by atoms with Gasteiger partial charge in [0.05, 0.1) is 17.6 Å². The standard InChI is InChI=1S/C17H20O8/c1-6-3-8(19)12(16-11(6)9(20)4-7(2)24-16)17-15(23)14(22)13(21)10(5-18)25-17/h3-4,10,13-15,17-19,21-23H,5H2,1-2H3/t10-,13-,14+,15-,17?/m1/s1. The van der Waals surface area contributed by atoms with Gasteiger partial charge in [-0.2, -0.15) is 0 Å². The van der Waals surface area contributed by atoms with E-state index in [0.29, 0.717) is 11.3 Å². The predicted octanol–water partition coefficient (Wildman–Crippen LogP) is -0.370. The van der Waals surface area contributed by atoms with Crippen LogP contribution in [0.3, 0.4) is 0 Å². The van der Waals surface area contributed by atoms with E-state index in [2.05, 4.69) is 0 Å². The Labute approximate surface area is 142 Å². The molecule has 3 rings (SSSR count). The number of hydrogen-bond donors (Lipinski definition) is 5. The quantitative estimate of drug-likeness (QED) is 0.493. The van der Waals surface area contributed by atoms with Crippen molar-refractivity contribution < 1.29 is 34.7 Å². The molecule has 0 radical (unpaired) electrons. The summed E-state index contributed by atoms with van der Waals surface area (Å²) in [5.74, 6) is 0.0106. The molecule has 0 saturated carbocycles. The molecular formula is C17H20O8. The summed E-state index contributed by atoms with van der Waals surface area (Å²) < 4.78 is 11.1. The summed E-state index contributed by atoms with van der Waals surface area (Å²) >= 11 is 0. The van der Waals surface area contributed by atoms with Crippen molar-refractivity contribution in [2.75, 3.05) is 6.61 Å². The number of benzene rings is 1. The van der Waals surface area contributed by atoms with Gasteiger partial charge in [-0.3, -0.25) is 4.79 Å². The lowest BCUT2D eigenvalue weighted by Crippen LogP contribution is -2.55. The molecule has 136 valence electrons. The first-order chi connectivity index (χ1) is 11.8. The van der Waals surface area contributed by atoms with Gasteiger partial charge in [0.1, 0.15) is 47.6 Å². The summed E-state index contributed by atoms with van der Waals surface area (Å²) in [5.41, 5.74) is 0.182. The normalized spacial score (nSPS) is 29.9. The molecule has 1 fully saturated rings. The van der Waals surface area contributed by atoms with Gasteiger partial charge in [0.15, 0.2) is 5.43 Å². The van der Waals surface area contributed by atoms with Gasteiger partial charge in [0.2, 0.25) is 0 Å². The molecule has 8 nitrogen and oxygen atoms in total. The third-order valence-electron chi connectivity index (χ3n) is 4.52. The van der Waals surface area contributed by atoms with E-state index in [0.717, 1.165) is 0 Å². The van der Waals surface area contributed by atoms with E-state index in [-0.39, 0.29) is 27.7 Å². The summed E-state index contributed by atoms with van der Waals surface area (Å²) in [6, 6.07) is 2.65. The average molecular weight is 352 g/mol. The number of rotatable bonds is 2. The number of phenols is 1. The first kappa shape index (κ1) is 17.8. The maximum absolute atomic E-state index is 12.3. The van der Waals surface area contributed by atoms with E-state index < -0.39 is 37.1 Å². The van der Waals surface area contributed by atoms with E-state index in [9.17, 15) is 30.3 Å². The Hall–Kier alpha value is -1.97. The van der Waals surface area contributed by atoms with Gasteiger partial charge in [-0.05, 0) is 25.5 Å². The third kappa shape index (κ3) is 2.82. The highest BCUT2D eigenvalue weighted by Gasteiger charge is 2.45. The highest BCUT2D eigenvalue weighted by Crippen LogP contribution is 2.41. The van der Waals surface area contributed by atoms with Gasteiger partial charge in [-0.1, -0.05) is 0 Å². The summed E-state index contributed by atoms with van der Waals surface area (Å²) in [4.78, 5) is 12.3. The lowest BCUT2D eigenvalue weighted by molar-refractivity contribution is -0.231. The average Bonchev–Trinajstić information content (AvgIpc) is 2.53. The second kappa shape index (κ2) is 6.40. The van der Waals surface area contributed by atoms with Crippen molar-refractivity contribution in [3.05, 3.63) is 39.2 Å². The number of aromatic hydroxyl groups is 1. The third-order valence-corrected chi connectivity index (χ3v) is 4.52. The zero-order chi connectivity index (χ0) is 18.5. The summed E-state index contributed by atoms with van der Waals surface area (Å²) in [6.45, 7) is 2.59. The highest BCUT2D eigenvalue weighted by molar-refractivity contribution is 5.86. The Bertz CT molecular complexity index is 856. The minimum Gasteiger partial charge on any atom is -0.507 e. The van der Waals surface area contributed by atoms with E-state index in [1.807, 2.05) is 0 Å². The Morgan fingerprint density at radius 1 is 1.08 bits per heavy atom. The lowest BCUT2D eigenvalue weighted by atomic mass is 9.89. The Kier molecular flexibility index (Phi) is 4.56. The Morgan fingerprint density at radius 3 is 2.40 bits per heavy atom. The maximum atomic E-state index is 12.3. The number of phenolic OH excluding ortho intramolecular Hbond substituents is 1. The Balaban J connectivity index is 2.26. The molecule has 0 spiro atoms. The molecule has 5 atom stereocenters. The van der Waals surface area contributed by atoms with Crippen LogP contribution in [0.25, 0.3) is 11.0 Å². The van der Waals surface area contributed by atoms with Crippen molar-refractivity contribution in [3.8, 4) is 5.75 Å². The highest BCUT2D eigenvalue weighted by atomic mass is 16.5. The molecule has 8 heteroatoms. The predicted molar refractivity (Wildman–Crippen MR) is 86.3 cm³/mol. The molecular weight excluding hydrogens is 332 g/mol. The van der Waals surface area contributed by atoms with Crippen molar-refractivity contribution in [2.24, 2.45) is 0 Å². The van der Waals surface area contributed by atoms with Crippen molar-refractivity contribution >= 4 is 11.0 Å². The zero-order valence-corrected chi connectivity index (χ0v) is 13.7. The van der Waals surface area contributed by atoms with E-state index in [1.165, 1.54) is 12.1 Å². The van der Waals surface area contributed by atoms with Gasteiger partial charge in [-0.25, -0.2) is 0 Å². The van der Waals surface area contributed by atoms with Crippen LogP contribution in [0.2, 0.25) is 0 Å². The summed E-state index contributed by atoms with van der Waals surface area (Å²) in [5, 5.41) is 50.2. The first-order valence-electron chi connectivity index (χ1n) is 7.83. The fraction of sp³-hybridized carbons (Fsp3) is 0.471. The number of fused-ring (bicyclic) bond motifs is 1. The van der Waals surface area contributed by atoms with Gasteiger partial charge in [-0.15, -0.1) is 0 Å². The largest absolute Gasteiger partial charge is 0.507 e. The fourth-order valence-corrected chi connectivity index (χ4v) is 3.26. The van der Waals surface area contributed by atoms with Gasteiger partial charge >= 0.3 is 0 Å². The number of aliphatic hydroxyl groups excluding tert-OH is 4. The van der Waals surface area contributed by atoms with Gasteiger partial charge < -0.3 is 34.7 Å². The van der Waals surface area contributed by atoms with E-state index >= 15 is 0 Å². The van der Waals surface area contributed by atoms with Gasteiger partial charge in [0.25, 0.3) is 0 Å². The van der Waals surface area contributed by atoms with Crippen LogP contribution in [0, 0.1) is 13.8 Å². The number of ether oxygens (including phenoxy) is 1. The summed E-state index contributed by atoms with van der Waals surface area (Å²) in [7, 11) is 0. The number of hydrogen-bond acceptors (Lipinski definition) is 8. The zero-order valence-electron chi connectivity index (χ0n) is 13.7. The molecule has 1 unspecified atom stereocenters. The second-order valence-corrected chi connectivity index (χ2v) is 6.30. The van der Waals surface area contributed by atoms with Crippen LogP contribution in [0.4, 0.5) is 0 Å². The topological polar surface area (TPSA) is 141 Å². The molecule has 2 heterocycles. The molecule has 5 N–H and O–H groups in total. The molecule has 1 aliphatic heterocycles. The van der Waals surface area contributed by atoms with Crippen LogP contribution in [0.1, 0.15) is 23.0 Å². The van der Waals surface area contributed by atoms with Crippen molar-refractivity contribution in [3.63, 3.8) is 0 Å². The molecule has 1 saturated heterocycles. The van der Waals surface area contributed by atoms with Gasteiger partial charge in [0, 0.05) is 6.07 Å². The molecule has 1 aliphatic rings. The lowest BCUT2D eigenvalue weighted by Gasteiger charge is -2.40. The van der Waals surface area contributed by atoms with E-state index in [1.54, 1.807) is 13.8 Å². The number of aryl methyl sites for hydroxylation is 2. The van der Waals surface area contributed by atoms with Crippen LogP contribution >= 0.6 is 0 Å². The second-order valence-electron chi connectivity index (χ2n) is 6.30. The van der Waals surface area contributed by atoms with Crippen LogP contribution in [-0.2, 0) is 4.74 Å². The molecule has 0 bridgehead atoms. The molecule has 1 aromatic heterocycles. The minimum atomic E-state index is -1.61. The van der Waals surface area contributed by atoms with Crippen LogP contribution in [0.5, 0.6) is 5.75 Å². The van der Waals surface area contributed by atoms with Crippen LogP contribution < -0.4 is 5.43 Å². The SMILES string of the molecule is Cc1cc(=O)c2c(C)cc(O)c(C3O[C@H](CO)[C@@H](O)[C@H](O)[C@H]3O)c2o1. The molecule has 2 aromatic rings. The molecule has 0 aliphatic carbocycles. The van der Waals surface area contributed by atoms with Crippen molar-refractivity contribution in [2.45, 2.75) is 44.4 Å².